The fourth-order valence-electron chi connectivity index (χ4n) is 2.27. The number of hydrogen-bond acceptors (Lipinski definition) is 3. The average molecular weight is 233 g/mol. The lowest BCUT2D eigenvalue weighted by molar-refractivity contribution is -0.122. The zero-order chi connectivity index (χ0) is 12.1. The normalized spacial score (nSPS) is 19.9. The highest BCUT2D eigenvalue weighted by Gasteiger charge is 2.25. The van der Waals surface area contributed by atoms with E-state index in [0.29, 0.717) is 6.54 Å². The number of anilines is 1. The van der Waals surface area contributed by atoms with Crippen LogP contribution in [0.25, 0.3) is 0 Å². The summed E-state index contributed by atoms with van der Waals surface area (Å²) in [5, 5.41) is 3.29. The van der Waals surface area contributed by atoms with E-state index in [4.69, 9.17) is 0 Å². The van der Waals surface area contributed by atoms with Crippen molar-refractivity contribution in [1.82, 2.24) is 10.3 Å². The Morgan fingerprint density at radius 2 is 2.29 bits per heavy atom. The van der Waals surface area contributed by atoms with Crippen molar-refractivity contribution in [3.05, 3.63) is 24.5 Å². The second-order valence-electron chi connectivity index (χ2n) is 4.33. The van der Waals surface area contributed by atoms with Crippen LogP contribution in [0.4, 0.5) is 5.69 Å². The van der Waals surface area contributed by atoms with Gasteiger partial charge in [-0.25, -0.2) is 0 Å². The van der Waals surface area contributed by atoms with Gasteiger partial charge in [-0.1, -0.05) is 0 Å². The number of amides is 1. The van der Waals surface area contributed by atoms with E-state index in [-0.39, 0.29) is 11.8 Å². The standard InChI is InChI=1S/C13H19N3O/c1-2-16(12-5-8-14-9-6-12)13(17)11-4-3-7-15-10-11/h5-6,8-9,11,15H,2-4,7,10H2,1H3/t11-/m1/s1. The number of nitrogens with zero attached hydrogens (tertiary/aromatic N) is 2. The van der Waals surface area contributed by atoms with Crippen molar-refractivity contribution in [3.8, 4) is 0 Å². The molecule has 1 amide bonds. The number of carbonyl (C=O) groups excluding carboxylic acids is 1. The van der Waals surface area contributed by atoms with E-state index in [9.17, 15) is 4.79 Å². The summed E-state index contributed by atoms with van der Waals surface area (Å²) in [5.41, 5.74) is 0.943. The van der Waals surface area contributed by atoms with Gasteiger partial charge in [-0.05, 0) is 38.4 Å². The average Bonchev–Trinajstić information content (AvgIpc) is 2.42. The van der Waals surface area contributed by atoms with Crippen LogP contribution in [0, 0.1) is 5.92 Å². The Hall–Kier alpha value is -1.42. The Bertz CT molecular complexity index is 360. The van der Waals surface area contributed by atoms with E-state index in [2.05, 4.69) is 10.3 Å². The highest BCUT2D eigenvalue weighted by atomic mass is 16.2. The van der Waals surface area contributed by atoms with Crippen molar-refractivity contribution < 1.29 is 4.79 Å². The molecule has 4 nitrogen and oxygen atoms in total. The minimum absolute atomic E-state index is 0.122. The molecule has 1 N–H and O–H groups in total. The van der Waals surface area contributed by atoms with Gasteiger partial charge in [-0.3, -0.25) is 9.78 Å². The van der Waals surface area contributed by atoms with E-state index in [1.807, 2.05) is 24.0 Å². The molecule has 0 bridgehead atoms. The van der Waals surface area contributed by atoms with Gasteiger partial charge in [0, 0.05) is 31.2 Å². The Kier molecular flexibility index (Phi) is 4.09. The van der Waals surface area contributed by atoms with E-state index in [1.54, 1.807) is 12.4 Å². The predicted molar refractivity (Wildman–Crippen MR) is 67.9 cm³/mol. The maximum atomic E-state index is 12.4. The zero-order valence-corrected chi connectivity index (χ0v) is 10.2. The van der Waals surface area contributed by atoms with Gasteiger partial charge in [0.1, 0.15) is 0 Å². The first-order valence-electron chi connectivity index (χ1n) is 6.25. The summed E-state index contributed by atoms with van der Waals surface area (Å²) in [6, 6.07) is 3.77. The number of carbonyl (C=O) groups is 1. The molecule has 4 heteroatoms. The first-order chi connectivity index (χ1) is 8.33. The van der Waals surface area contributed by atoms with E-state index < -0.39 is 0 Å². The van der Waals surface area contributed by atoms with Crippen molar-refractivity contribution in [3.63, 3.8) is 0 Å². The molecular formula is C13H19N3O. The Balaban J connectivity index is 2.10. The quantitative estimate of drug-likeness (QED) is 0.859. The van der Waals surface area contributed by atoms with Crippen molar-refractivity contribution >= 4 is 11.6 Å². The molecule has 2 heterocycles. The lowest BCUT2D eigenvalue weighted by atomic mass is 9.98. The van der Waals surface area contributed by atoms with Gasteiger partial charge in [0.05, 0.1) is 5.92 Å². The van der Waals surface area contributed by atoms with Crippen LogP contribution in [0.5, 0.6) is 0 Å². The van der Waals surface area contributed by atoms with Crippen LogP contribution in [0.15, 0.2) is 24.5 Å². The highest BCUT2D eigenvalue weighted by Crippen LogP contribution is 2.19. The predicted octanol–water partition coefficient (Wildman–Crippen LogP) is 1.43. The van der Waals surface area contributed by atoms with Gasteiger partial charge in [-0.2, -0.15) is 0 Å². The molecule has 17 heavy (non-hydrogen) atoms. The number of hydrogen-bond donors (Lipinski definition) is 1. The van der Waals surface area contributed by atoms with Gasteiger partial charge < -0.3 is 10.2 Å². The number of pyridine rings is 1. The van der Waals surface area contributed by atoms with Gasteiger partial charge in [0.25, 0.3) is 0 Å². The topological polar surface area (TPSA) is 45.2 Å². The minimum Gasteiger partial charge on any atom is -0.316 e. The molecule has 1 aromatic rings. The molecule has 92 valence electrons. The maximum absolute atomic E-state index is 12.4. The molecule has 0 saturated carbocycles. The van der Waals surface area contributed by atoms with Gasteiger partial charge in [-0.15, -0.1) is 0 Å². The van der Waals surface area contributed by atoms with Crippen molar-refractivity contribution in [2.45, 2.75) is 19.8 Å². The number of aromatic nitrogens is 1. The summed E-state index contributed by atoms with van der Waals surface area (Å²) in [7, 11) is 0. The molecule has 1 saturated heterocycles. The van der Waals surface area contributed by atoms with Crippen LogP contribution in [-0.4, -0.2) is 30.5 Å². The molecule has 2 rings (SSSR count). The van der Waals surface area contributed by atoms with E-state index in [0.717, 1.165) is 31.6 Å². The molecule has 0 aromatic carbocycles. The minimum atomic E-state index is 0.122. The Morgan fingerprint density at radius 3 is 2.88 bits per heavy atom. The zero-order valence-electron chi connectivity index (χ0n) is 10.2. The largest absolute Gasteiger partial charge is 0.316 e. The Labute approximate surface area is 102 Å². The van der Waals surface area contributed by atoms with Crippen LogP contribution >= 0.6 is 0 Å². The third kappa shape index (κ3) is 2.82. The van der Waals surface area contributed by atoms with Crippen LogP contribution < -0.4 is 10.2 Å². The summed E-state index contributed by atoms with van der Waals surface area (Å²) < 4.78 is 0. The second-order valence-corrected chi connectivity index (χ2v) is 4.33. The first-order valence-corrected chi connectivity index (χ1v) is 6.25. The van der Waals surface area contributed by atoms with Gasteiger partial charge in [0.2, 0.25) is 5.91 Å². The maximum Gasteiger partial charge on any atom is 0.231 e. The third-order valence-corrected chi connectivity index (χ3v) is 3.20. The lowest BCUT2D eigenvalue weighted by Crippen LogP contribution is -2.43. The monoisotopic (exact) mass is 233 g/mol. The van der Waals surface area contributed by atoms with E-state index >= 15 is 0 Å². The van der Waals surface area contributed by atoms with Gasteiger partial charge >= 0.3 is 0 Å². The number of nitrogens with one attached hydrogen (secondary N) is 1. The molecule has 1 aliphatic heterocycles. The molecule has 1 atom stereocenters. The Morgan fingerprint density at radius 1 is 1.53 bits per heavy atom. The molecular weight excluding hydrogens is 214 g/mol. The molecule has 1 fully saturated rings. The number of piperidine rings is 1. The molecule has 0 aliphatic carbocycles. The van der Waals surface area contributed by atoms with Crippen molar-refractivity contribution in [2.24, 2.45) is 5.92 Å². The fourth-order valence-corrected chi connectivity index (χ4v) is 2.27. The summed E-state index contributed by atoms with van der Waals surface area (Å²) >= 11 is 0. The summed E-state index contributed by atoms with van der Waals surface area (Å²) in [4.78, 5) is 18.2. The van der Waals surface area contributed by atoms with Crippen LogP contribution in [0.3, 0.4) is 0 Å². The summed E-state index contributed by atoms with van der Waals surface area (Å²) in [5.74, 6) is 0.350. The SMILES string of the molecule is CCN(C(=O)[C@@H]1CCCNC1)c1ccncc1. The smallest absolute Gasteiger partial charge is 0.231 e. The van der Waals surface area contributed by atoms with Crippen molar-refractivity contribution in [2.75, 3.05) is 24.5 Å². The third-order valence-electron chi connectivity index (χ3n) is 3.20. The molecule has 1 aromatic heterocycles. The lowest BCUT2D eigenvalue weighted by Gasteiger charge is -2.28. The first kappa shape index (κ1) is 12.0. The highest BCUT2D eigenvalue weighted by molar-refractivity contribution is 5.95. The van der Waals surface area contributed by atoms with Crippen molar-refractivity contribution in [1.29, 1.82) is 0 Å². The fraction of sp³-hybridized carbons (Fsp3) is 0.538. The van der Waals surface area contributed by atoms with Crippen LogP contribution in [0.2, 0.25) is 0 Å². The number of rotatable bonds is 3. The van der Waals surface area contributed by atoms with Crippen LogP contribution in [0.1, 0.15) is 19.8 Å². The molecule has 0 spiro atoms. The summed E-state index contributed by atoms with van der Waals surface area (Å²) in [6.45, 7) is 4.56. The molecule has 0 radical (unpaired) electrons. The van der Waals surface area contributed by atoms with Crippen LogP contribution in [-0.2, 0) is 4.79 Å². The molecule has 0 unspecified atom stereocenters. The molecule has 1 aliphatic rings. The van der Waals surface area contributed by atoms with Gasteiger partial charge in [0.15, 0.2) is 0 Å². The summed E-state index contributed by atoms with van der Waals surface area (Å²) in [6.07, 6.45) is 5.53. The second kappa shape index (κ2) is 5.77. The van der Waals surface area contributed by atoms with E-state index in [1.165, 1.54) is 0 Å².